The first-order chi connectivity index (χ1) is 11.7. The average molecular weight is 368 g/mol. The van der Waals surface area contributed by atoms with Gasteiger partial charge in [0.2, 0.25) is 0 Å². The Balaban J connectivity index is 1.69. The van der Waals surface area contributed by atoms with E-state index in [0.29, 0.717) is 31.3 Å². The lowest BCUT2D eigenvalue weighted by atomic mass is 10.2. The van der Waals surface area contributed by atoms with Crippen LogP contribution < -0.4 is 4.90 Å². The van der Waals surface area contributed by atoms with Gasteiger partial charge in [-0.05, 0) is 20.8 Å². The van der Waals surface area contributed by atoms with Gasteiger partial charge in [0.05, 0.1) is 18.8 Å². The predicted molar refractivity (Wildman–Crippen MR) is 90.1 cm³/mol. The Morgan fingerprint density at radius 1 is 1.32 bits per heavy atom. The lowest BCUT2D eigenvalue weighted by Gasteiger charge is -2.36. The maximum Gasteiger partial charge on any atom is 0.410 e. The van der Waals surface area contributed by atoms with Crippen molar-refractivity contribution in [3.8, 4) is 0 Å². The average Bonchev–Trinajstić information content (AvgIpc) is 3.10. The van der Waals surface area contributed by atoms with Crippen molar-refractivity contribution < 1.29 is 24.2 Å². The van der Waals surface area contributed by atoms with Crippen LogP contribution in [0.25, 0.3) is 0 Å². The molecule has 2 aliphatic rings. The zero-order valence-electron chi connectivity index (χ0n) is 14.3. The third-order valence-corrected chi connectivity index (χ3v) is 4.95. The Morgan fingerprint density at radius 3 is 2.64 bits per heavy atom. The quantitative estimate of drug-likeness (QED) is 0.852. The Kier molecular flexibility index (Phi) is 4.31. The van der Waals surface area contributed by atoms with Crippen molar-refractivity contribution in [3.63, 3.8) is 0 Å². The highest BCUT2D eigenvalue weighted by molar-refractivity contribution is 7.17. The molecule has 3 amide bonds. The highest BCUT2D eigenvalue weighted by atomic mass is 32.1. The minimum absolute atomic E-state index is 0.0862. The van der Waals surface area contributed by atoms with Crippen LogP contribution in [0.4, 0.5) is 14.7 Å². The third-order valence-electron chi connectivity index (χ3n) is 3.94. The number of nitrogens with zero attached hydrogens (tertiary/aromatic N) is 4. The van der Waals surface area contributed by atoms with Gasteiger partial charge in [0.1, 0.15) is 10.5 Å². The van der Waals surface area contributed by atoms with Gasteiger partial charge in [0, 0.05) is 19.6 Å². The van der Waals surface area contributed by atoms with Crippen molar-refractivity contribution in [2.75, 3.05) is 31.1 Å². The number of urea groups is 1. The number of carboxylic acids is 1. The number of ether oxygens (including phenoxy) is 1. The van der Waals surface area contributed by atoms with E-state index in [2.05, 4.69) is 4.98 Å². The molecular formula is C15H20N4O5S. The Hall–Kier alpha value is -2.36. The predicted octanol–water partition coefficient (Wildman–Crippen LogP) is 1.70. The van der Waals surface area contributed by atoms with E-state index in [9.17, 15) is 14.4 Å². The summed E-state index contributed by atoms with van der Waals surface area (Å²) in [5.74, 6) is -1.07. The molecule has 3 heterocycles. The molecular weight excluding hydrogens is 348 g/mol. The summed E-state index contributed by atoms with van der Waals surface area (Å²) in [7, 11) is 0. The highest BCUT2D eigenvalue weighted by Gasteiger charge is 2.43. The fourth-order valence-electron chi connectivity index (χ4n) is 2.85. The van der Waals surface area contributed by atoms with Crippen LogP contribution >= 0.6 is 11.3 Å². The molecule has 0 spiro atoms. The van der Waals surface area contributed by atoms with Gasteiger partial charge in [0.25, 0.3) is 0 Å². The minimum Gasteiger partial charge on any atom is -0.477 e. The van der Waals surface area contributed by atoms with Crippen molar-refractivity contribution in [2.24, 2.45) is 0 Å². The molecule has 0 radical (unpaired) electrons. The maximum absolute atomic E-state index is 12.6. The van der Waals surface area contributed by atoms with Crippen LogP contribution in [-0.4, -0.2) is 75.8 Å². The summed E-state index contributed by atoms with van der Waals surface area (Å²) in [5, 5.41) is 9.36. The number of anilines is 1. The lowest BCUT2D eigenvalue weighted by molar-refractivity contribution is 0.0128. The van der Waals surface area contributed by atoms with Gasteiger partial charge in [-0.15, -0.1) is 0 Å². The van der Waals surface area contributed by atoms with E-state index >= 15 is 0 Å². The molecule has 1 aromatic heterocycles. The molecule has 25 heavy (non-hydrogen) atoms. The molecule has 0 bridgehead atoms. The number of aromatic carboxylic acids is 1. The molecule has 0 saturated carbocycles. The first-order valence-electron chi connectivity index (χ1n) is 7.91. The first-order valence-corrected chi connectivity index (χ1v) is 8.72. The molecule has 0 unspecified atom stereocenters. The van der Waals surface area contributed by atoms with Gasteiger partial charge >= 0.3 is 18.1 Å². The van der Waals surface area contributed by atoms with Crippen LogP contribution in [0.15, 0.2) is 6.20 Å². The number of carbonyl (C=O) groups excluding carboxylic acids is 2. The molecule has 2 saturated heterocycles. The van der Waals surface area contributed by atoms with Crippen LogP contribution in [-0.2, 0) is 4.74 Å². The van der Waals surface area contributed by atoms with Crippen LogP contribution in [0.1, 0.15) is 30.4 Å². The topological polar surface area (TPSA) is 103 Å². The third kappa shape index (κ3) is 3.53. The molecule has 3 rings (SSSR count). The van der Waals surface area contributed by atoms with Crippen molar-refractivity contribution in [3.05, 3.63) is 11.1 Å². The van der Waals surface area contributed by atoms with Crippen LogP contribution in [0.5, 0.6) is 0 Å². The van der Waals surface area contributed by atoms with Gasteiger partial charge in [-0.25, -0.2) is 19.4 Å². The monoisotopic (exact) mass is 368 g/mol. The summed E-state index contributed by atoms with van der Waals surface area (Å²) in [5.41, 5.74) is -0.570. The number of hydrogen-bond donors (Lipinski definition) is 1. The Morgan fingerprint density at radius 2 is 2.04 bits per heavy atom. The lowest BCUT2D eigenvalue weighted by Crippen LogP contribution is -2.54. The zero-order valence-corrected chi connectivity index (χ0v) is 15.1. The summed E-state index contributed by atoms with van der Waals surface area (Å²) in [6.45, 7) is 7.00. The van der Waals surface area contributed by atoms with Crippen LogP contribution in [0.2, 0.25) is 0 Å². The number of amides is 3. The Bertz CT molecular complexity index is 713. The Labute approximate surface area is 148 Å². The maximum atomic E-state index is 12.6. The van der Waals surface area contributed by atoms with E-state index < -0.39 is 11.6 Å². The fourth-order valence-corrected chi connectivity index (χ4v) is 3.61. The summed E-state index contributed by atoms with van der Waals surface area (Å²) in [4.78, 5) is 44.7. The summed E-state index contributed by atoms with van der Waals surface area (Å²) >= 11 is 0.965. The molecule has 10 heteroatoms. The number of carboxylic acid groups (broad SMARTS) is 1. The van der Waals surface area contributed by atoms with Crippen molar-refractivity contribution in [2.45, 2.75) is 32.4 Å². The van der Waals surface area contributed by atoms with Gasteiger partial charge in [-0.2, -0.15) is 0 Å². The highest BCUT2D eigenvalue weighted by Crippen LogP contribution is 2.30. The summed E-state index contributed by atoms with van der Waals surface area (Å²) in [6.07, 6.45) is 0.861. The molecule has 2 fully saturated rings. The van der Waals surface area contributed by atoms with Gasteiger partial charge in [-0.1, -0.05) is 11.3 Å². The number of hydrogen-bond acceptors (Lipinski definition) is 6. The second kappa shape index (κ2) is 6.17. The molecule has 2 aliphatic heterocycles. The van der Waals surface area contributed by atoms with Crippen molar-refractivity contribution in [1.29, 1.82) is 0 Å². The number of aromatic nitrogens is 1. The molecule has 1 N–H and O–H groups in total. The van der Waals surface area contributed by atoms with E-state index in [1.54, 1.807) is 9.80 Å². The molecule has 0 aromatic carbocycles. The minimum atomic E-state index is -1.07. The van der Waals surface area contributed by atoms with E-state index in [4.69, 9.17) is 9.84 Å². The number of fused-ring (bicyclic) bond motifs is 1. The zero-order chi connectivity index (χ0) is 18.4. The number of thiazole rings is 1. The van der Waals surface area contributed by atoms with E-state index in [1.807, 2.05) is 20.8 Å². The van der Waals surface area contributed by atoms with Crippen LogP contribution in [0, 0.1) is 0 Å². The van der Waals surface area contributed by atoms with Crippen LogP contribution in [0.3, 0.4) is 0 Å². The van der Waals surface area contributed by atoms with E-state index in [1.165, 1.54) is 11.1 Å². The van der Waals surface area contributed by atoms with Gasteiger partial charge in [-0.3, -0.25) is 4.90 Å². The van der Waals surface area contributed by atoms with Gasteiger partial charge in [0.15, 0.2) is 5.13 Å². The summed E-state index contributed by atoms with van der Waals surface area (Å²) in [6, 6.07) is -0.369. The number of rotatable bonds is 2. The molecule has 0 aliphatic carbocycles. The summed E-state index contributed by atoms with van der Waals surface area (Å²) < 4.78 is 5.39. The first kappa shape index (κ1) is 17.5. The second-order valence-electron chi connectivity index (χ2n) is 6.98. The van der Waals surface area contributed by atoms with Crippen molar-refractivity contribution >= 4 is 34.6 Å². The number of piperazine rings is 1. The smallest absolute Gasteiger partial charge is 0.410 e. The standard InChI is InChI=1S/C15H20N4O5S/c1-15(2,3)24-14(23)17-4-5-18-9(7-17)8-19(13(18)22)12-16-6-10(25-12)11(20)21/h6,9H,4-5,7-8H2,1-3H3,(H,20,21)/t9-/m0/s1. The second-order valence-corrected chi connectivity index (χ2v) is 7.99. The van der Waals surface area contributed by atoms with E-state index in [-0.39, 0.29) is 23.0 Å². The number of carbonyl (C=O) groups is 3. The normalized spacial score (nSPS) is 20.7. The fraction of sp³-hybridized carbons (Fsp3) is 0.600. The van der Waals surface area contributed by atoms with Gasteiger partial charge < -0.3 is 19.6 Å². The molecule has 1 atom stereocenters. The molecule has 9 nitrogen and oxygen atoms in total. The molecule has 136 valence electrons. The molecule has 1 aromatic rings. The van der Waals surface area contributed by atoms with E-state index in [0.717, 1.165) is 11.3 Å². The van der Waals surface area contributed by atoms with Crippen molar-refractivity contribution in [1.82, 2.24) is 14.8 Å². The largest absolute Gasteiger partial charge is 0.477 e. The SMILES string of the molecule is CC(C)(C)OC(=O)N1CCN2C(=O)N(c3ncc(C(=O)O)s3)C[C@@H]2C1.